The van der Waals surface area contributed by atoms with Crippen molar-refractivity contribution < 1.29 is 9.47 Å². The Morgan fingerprint density at radius 1 is 1.44 bits per heavy atom. The zero-order valence-electron chi connectivity index (χ0n) is 12.0. The monoisotopic (exact) mass is 318 g/mol. The van der Waals surface area contributed by atoms with Crippen molar-refractivity contribution >= 4 is 15.9 Å². The van der Waals surface area contributed by atoms with Crippen LogP contribution in [0.2, 0.25) is 0 Å². The Kier molecular flexibility index (Phi) is 7.50. The van der Waals surface area contributed by atoms with Gasteiger partial charge in [0.25, 0.3) is 0 Å². The van der Waals surface area contributed by atoms with Crippen LogP contribution in [0.15, 0.2) is 11.1 Å². The lowest BCUT2D eigenvalue weighted by Gasteiger charge is -2.31. The topological polar surface area (TPSA) is 18.5 Å². The van der Waals surface area contributed by atoms with E-state index in [0.29, 0.717) is 5.41 Å². The van der Waals surface area contributed by atoms with Crippen LogP contribution in [-0.4, -0.2) is 19.0 Å². The average Bonchev–Trinajstić information content (AvgIpc) is 2.29. The third-order valence-electron chi connectivity index (χ3n) is 3.43. The van der Waals surface area contributed by atoms with Crippen LogP contribution in [0.25, 0.3) is 0 Å². The van der Waals surface area contributed by atoms with Crippen molar-refractivity contribution in [1.82, 2.24) is 0 Å². The molecule has 106 valence electrons. The van der Waals surface area contributed by atoms with E-state index < -0.39 is 0 Å². The number of hydrogen-bond donors (Lipinski definition) is 0. The predicted octanol–water partition coefficient (Wildman–Crippen LogP) is 5.02. The Labute approximate surface area is 120 Å². The highest BCUT2D eigenvalue weighted by atomic mass is 79.9. The van der Waals surface area contributed by atoms with Gasteiger partial charge < -0.3 is 9.47 Å². The van der Waals surface area contributed by atoms with E-state index in [1.54, 1.807) is 0 Å². The number of ether oxygens (including phenoxy) is 2. The third-order valence-corrected chi connectivity index (χ3v) is 3.74. The SMILES string of the molecule is CCCC(C)(C)CC(C=CBr)OC1CCCCO1. The van der Waals surface area contributed by atoms with Crippen LogP contribution in [0, 0.1) is 5.41 Å². The number of hydrogen-bond acceptors (Lipinski definition) is 2. The normalized spacial score (nSPS) is 23.4. The van der Waals surface area contributed by atoms with Gasteiger partial charge in [-0.1, -0.05) is 43.1 Å². The molecule has 3 heteroatoms. The summed E-state index contributed by atoms with van der Waals surface area (Å²) in [5.41, 5.74) is 0.320. The van der Waals surface area contributed by atoms with Crippen molar-refractivity contribution in [2.45, 2.75) is 71.7 Å². The highest BCUT2D eigenvalue weighted by Crippen LogP contribution is 2.31. The lowest BCUT2D eigenvalue weighted by Crippen LogP contribution is -2.30. The summed E-state index contributed by atoms with van der Waals surface area (Å²) in [6.45, 7) is 7.71. The van der Waals surface area contributed by atoms with E-state index in [0.717, 1.165) is 19.4 Å². The van der Waals surface area contributed by atoms with Crippen molar-refractivity contribution in [3.8, 4) is 0 Å². The second-order valence-corrected chi connectivity index (χ2v) is 6.44. The Balaban J connectivity index is 2.48. The van der Waals surface area contributed by atoms with Crippen molar-refractivity contribution in [1.29, 1.82) is 0 Å². The molecule has 1 saturated heterocycles. The van der Waals surface area contributed by atoms with Crippen LogP contribution >= 0.6 is 15.9 Å². The van der Waals surface area contributed by atoms with Crippen LogP contribution < -0.4 is 0 Å². The quantitative estimate of drug-likeness (QED) is 0.656. The van der Waals surface area contributed by atoms with Gasteiger partial charge in [0, 0.05) is 6.61 Å². The fourth-order valence-electron chi connectivity index (χ4n) is 2.58. The van der Waals surface area contributed by atoms with E-state index in [4.69, 9.17) is 9.47 Å². The number of rotatable bonds is 7. The molecule has 2 atom stereocenters. The molecule has 0 bridgehead atoms. The van der Waals surface area contributed by atoms with Crippen LogP contribution in [0.4, 0.5) is 0 Å². The molecule has 1 aliphatic heterocycles. The zero-order valence-corrected chi connectivity index (χ0v) is 13.5. The third kappa shape index (κ3) is 6.35. The molecule has 2 nitrogen and oxygen atoms in total. The highest BCUT2D eigenvalue weighted by Gasteiger charge is 2.25. The lowest BCUT2D eigenvalue weighted by atomic mass is 9.82. The molecular formula is C15H27BrO2. The number of halogens is 1. The molecule has 0 radical (unpaired) electrons. The van der Waals surface area contributed by atoms with Crippen LogP contribution in [0.5, 0.6) is 0 Å². The summed E-state index contributed by atoms with van der Waals surface area (Å²) in [7, 11) is 0. The molecule has 0 saturated carbocycles. The van der Waals surface area contributed by atoms with E-state index in [2.05, 4.69) is 42.8 Å². The van der Waals surface area contributed by atoms with Gasteiger partial charge in [-0.2, -0.15) is 0 Å². The van der Waals surface area contributed by atoms with Gasteiger partial charge in [0.15, 0.2) is 6.29 Å². The molecule has 0 spiro atoms. The molecule has 1 heterocycles. The summed E-state index contributed by atoms with van der Waals surface area (Å²) in [5.74, 6) is 0. The van der Waals surface area contributed by atoms with E-state index in [1.165, 1.54) is 25.7 Å². The maximum absolute atomic E-state index is 6.07. The molecule has 1 rings (SSSR count). The minimum absolute atomic E-state index is 0.00937. The maximum Gasteiger partial charge on any atom is 0.158 e. The van der Waals surface area contributed by atoms with Crippen LogP contribution in [0.3, 0.4) is 0 Å². The minimum Gasteiger partial charge on any atom is -0.353 e. The van der Waals surface area contributed by atoms with Gasteiger partial charge in [0.05, 0.1) is 6.10 Å². The molecule has 0 aromatic carbocycles. The fourth-order valence-corrected chi connectivity index (χ4v) is 2.92. The van der Waals surface area contributed by atoms with Crippen LogP contribution in [-0.2, 0) is 9.47 Å². The summed E-state index contributed by atoms with van der Waals surface area (Å²) in [6.07, 6.45) is 9.14. The van der Waals surface area contributed by atoms with Crippen molar-refractivity contribution in [2.24, 2.45) is 5.41 Å². The smallest absolute Gasteiger partial charge is 0.158 e. The van der Waals surface area contributed by atoms with Gasteiger partial charge in [-0.3, -0.25) is 0 Å². The first-order valence-corrected chi connectivity index (χ1v) is 8.03. The summed E-state index contributed by atoms with van der Waals surface area (Å²) in [5, 5.41) is 0. The largest absolute Gasteiger partial charge is 0.353 e. The van der Waals surface area contributed by atoms with Gasteiger partial charge in [-0.05, 0) is 48.6 Å². The van der Waals surface area contributed by atoms with Crippen LogP contribution in [0.1, 0.15) is 59.3 Å². The van der Waals surface area contributed by atoms with Gasteiger partial charge in [0.2, 0.25) is 0 Å². The molecule has 0 N–H and O–H groups in total. The second kappa shape index (κ2) is 8.34. The van der Waals surface area contributed by atoms with E-state index in [1.807, 2.05) is 4.99 Å². The molecule has 2 unspecified atom stereocenters. The molecular weight excluding hydrogens is 292 g/mol. The Hall–Kier alpha value is 0.140. The van der Waals surface area contributed by atoms with Gasteiger partial charge in [-0.25, -0.2) is 0 Å². The standard InChI is InChI=1S/C15H27BrO2/c1-4-9-15(2,3)12-13(8-10-16)18-14-7-5-6-11-17-14/h8,10,13-14H,4-7,9,11-12H2,1-3H3. The fraction of sp³-hybridized carbons (Fsp3) is 0.867. The van der Waals surface area contributed by atoms with Gasteiger partial charge >= 0.3 is 0 Å². The zero-order chi connectivity index (χ0) is 13.4. The van der Waals surface area contributed by atoms with Crippen molar-refractivity contribution in [3.63, 3.8) is 0 Å². The second-order valence-electron chi connectivity index (χ2n) is 5.91. The van der Waals surface area contributed by atoms with E-state index >= 15 is 0 Å². The highest BCUT2D eigenvalue weighted by molar-refractivity contribution is 9.11. The van der Waals surface area contributed by atoms with E-state index in [-0.39, 0.29) is 12.4 Å². The average molecular weight is 319 g/mol. The minimum atomic E-state index is -0.00937. The molecule has 1 fully saturated rings. The molecule has 0 aromatic heterocycles. The molecule has 18 heavy (non-hydrogen) atoms. The summed E-state index contributed by atoms with van der Waals surface area (Å²) in [4.78, 5) is 1.91. The Morgan fingerprint density at radius 3 is 2.78 bits per heavy atom. The molecule has 0 amide bonds. The lowest BCUT2D eigenvalue weighted by molar-refractivity contribution is -0.183. The van der Waals surface area contributed by atoms with Gasteiger partial charge in [-0.15, -0.1) is 0 Å². The first-order valence-electron chi connectivity index (χ1n) is 7.11. The summed E-state index contributed by atoms with van der Waals surface area (Å²) < 4.78 is 11.7. The predicted molar refractivity (Wildman–Crippen MR) is 79.8 cm³/mol. The maximum atomic E-state index is 6.07. The Bertz CT molecular complexity index is 245. The molecule has 0 aliphatic carbocycles. The van der Waals surface area contributed by atoms with Crippen molar-refractivity contribution in [2.75, 3.05) is 6.61 Å². The first-order chi connectivity index (χ1) is 8.57. The van der Waals surface area contributed by atoms with Gasteiger partial charge in [0.1, 0.15) is 0 Å². The molecule has 0 aromatic rings. The van der Waals surface area contributed by atoms with E-state index in [9.17, 15) is 0 Å². The first kappa shape index (κ1) is 16.2. The molecule has 1 aliphatic rings. The Morgan fingerprint density at radius 2 is 2.22 bits per heavy atom. The summed E-state index contributed by atoms with van der Waals surface area (Å²) >= 11 is 3.36. The summed E-state index contributed by atoms with van der Waals surface area (Å²) in [6, 6.07) is 0. The van der Waals surface area contributed by atoms with Crippen molar-refractivity contribution in [3.05, 3.63) is 11.1 Å².